The molecule has 3 heterocycles. The van der Waals surface area contributed by atoms with Gasteiger partial charge in [-0.1, -0.05) is 36.4 Å². The van der Waals surface area contributed by atoms with E-state index in [4.69, 9.17) is 4.98 Å². The molecule has 1 saturated heterocycles. The average Bonchev–Trinajstić information content (AvgIpc) is 3.20. The van der Waals surface area contributed by atoms with Crippen molar-refractivity contribution in [3.8, 4) is 11.3 Å². The molecule has 0 radical (unpaired) electrons. The van der Waals surface area contributed by atoms with Gasteiger partial charge in [0.2, 0.25) is 0 Å². The number of carbonyl (C=O) groups is 1. The Morgan fingerprint density at radius 2 is 1.91 bits per heavy atom. The second-order valence-electron chi connectivity index (χ2n) is 5.77. The molecule has 0 saturated carbocycles. The highest BCUT2D eigenvalue weighted by Crippen LogP contribution is 2.34. The molecule has 1 N–H and O–H groups in total. The lowest BCUT2D eigenvalue weighted by Gasteiger charge is -2.20. The molecule has 116 valence electrons. The Balaban J connectivity index is 1.90. The minimum atomic E-state index is -0.874. The zero-order valence-electron chi connectivity index (χ0n) is 12.6. The number of fused-ring (bicyclic) bond motifs is 1. The Hall–Kier alpha value is -2.82. The summed E-state index contributed by atoms with van der Waals surface area (Å²) in [6.45, 7) is 0.572. The van der Waals surface area contributed by atoms with Crippen molar-refractivity contribution in [2.24, 2.45) is 0 Å². The standard InChI is InChI=1S/C18H17N3O2/c22-18(23)21-12-6-10-15(21)17-19-16(13-7-2-1-3-8-13)14-9-4-5-11-20(14)17/h1-5,7-9,11,15H,6,10,12H2,(H,22,23). The van der Waals surface area contributed by atoms with Gasteiger partial charge in [-0.05, 0) is 25.0 Å². The van der Waals surface area contributed by atoms with E-state index in [0.29, 0.717) is 6.54 Å². The molecule has 5 nitrogen and oxygen atoms in total. The summed E-state index contributed by atoms with van der Waals surface area (Å²) >= 11 is 0. The van der Waals surface area contributed by atoms with Crippen LogP contribution in [0.3, 0.4) is 0 Å². The Bertz CT molecular complexity index is 857. The van der Waals surface area contributed by atoms with Gasteiger partial charge in [0.05, 0.1) is 17.3 Å². The van der Waals surface area contributed by atoms with Crippen molar-refractivity contribution >= 4 is 11.6 Å². The molecule has 0 aliphatic carbocycles. The summed E-state index contributed by atoms with van der Waals surface area (Å²) in [6, 6.07) is 15.8. The van der Waals surface area contributed by atoms with Gasteiger partial charge >= 0.3 is 6.09 Å². The van der Waals surface area contributed by atoms with Crippen molar-refractivity contribution in [3.63, 3.8) is 0 Å². The number of carboxylic acid groups (broad SMARTS) is 1. The second-order valence-corrected chi connectivity index (χ2v) is 5.77. The van der Waals surface area contributed by atoms with E-state index in [1.54, 1.807) is 0 Å². The van der Waals surface area contributed by atoms with E-state index < -0.39 is 6.09 Å². The highest BCUT2D eigenvalue weighted by molar-refractivity contribution is 5.78. The summed E-state index contributed by atoms with van der Waals surface area (Å²) in [5.41, 5.74) is 2.95. The number of hydrogen-bond donors (Lipinski definition) is 1. The largest absolute Gasteiger partial charge is 0.465 e. The number of aromatic nitrogens is 2. The molecule has 0 bridgehead atoms. The fraction of sp³-hybridized carbons (Fsp3) is 0.222. The van der Waals surface area contributed by atoms with E-state index in [1.165, 1.54) is 4.90 Å². The van der Waals surface area contributed by atoms with Crippen molar-refractivity contribution in [1.82, 2.24) is 14.3 Å². The minimum absolute atomic E-state index is 0.181. The van der Waals surface area contributed by atoms with Crippen molar-refractivity contribution < 1.29 is 9.90 Å². The van der Waals surface area contributed by atoms with Gasteiger partial charge in [0.15, 0.2) is 0 Å². The van der Waals surface area contributed by atoms with Crippen molar-refractivity contribution in [2.75, 3.05) is 6.54 Å². The molecule has 2 aromatic heterocycles. The zero-order valence-corrected chi connectivity index (χ0v) is 12.6. The van der Waals surface area contributed by atoms with Crippen molar-refractivity contribution in [1.29, 1.82) is 0 Å². The summed E-state index contributed by atoms with van der Waals surface area (Å²) in [6.07, 6.45) is 2.78. The third kappa shape index (κ3) is 2.25. The molecule has 5 heteroatoms. The number of pyridine rings is 1. The predicted octanol–water partition coefficient (Wildman–Crippen LogP) is 3.82. The lowest BCUT2D eigenvalue weighted by molar-refractivity contribution is 0.138. The first kappa shape index (κ1) is 13.8. The number of hydrogen-bond acceptors (Lipinski definition) is 2. The first-order valence-corrected chi connectivity index (χ1v) is 7.77. The van der Waals surface area contributed by atoms with E-state index >= 15 is 0 Å². The van der Waals surface area contributed by atoms with E-state index in [1.807, 2.05) is 59.1 Å². The van der Waals surface area contributed by atoms with Crippen LogP contribution in [0.5, 0.6) is 0 Å². The van der Waals surface area contributed by atoms with Crippen LogP contribution in [-0.4, -0.2) is 32.0 Å². The smallest absolute Gasteiger partial charge is 0.407 e. The summed E-state index contributed by atoms with van der Waals surface area (Å²) in [7, 11) is 0. The van der Waals surface area contributed by atoms with Crippen LogP contribution >= 0.6 is 0 Å². The number of amides is 1. The van der Waals surface area contributed by atoms with Crippen LogP contribution in [0.15, 0.2) is 54.7 Å². The second kappa shape index (κ2) is 5.43. The van der Waals surface area contributed by atoms with Gasteiger partial charge in [-0.25, -0.2) is 9.78 Å². The van der Waals surface area contributed by atoms with Gasteiger partial charge in [-0.15, -0.1) is 0 Å². The number of imidazole rings is 1. The normalized spacial score (nSPS) is 17.7. The first-order chi connectivity index (χ1) is 11.3. The molecule has 3 aromatic rings. The molecule has 1 amide bonds. The Labute approximate surface area is 133 Å². The molecule has 4 rings (SSSR count). The van der Waals surface area contributed by atoms with Crippen LogP contribution in [0.2, 0.25) is 0 Å². The molecule has 1 aromatic carbocycles. The van der Waals surface area contributed by atoms with Crippen LogP contribution in [0.1, 0.15) is 24.7 Å². The third-order valence-corrected chi connectivity index (χ3v) is 4.42. The number of benzene rings is 1. The average molecular weight is 307 g/mol. The Morgan fingerprint density at radius 1 is 1.13 bits per heavy atom. The van der Waals surface area contributed by atoms with Crippen LogP contribution in [0, 0.1) is 0 Å². The van der Waals surface area contributed by atoms with Gasteiger partial charge < -0.3 is 9.51 Å². The molecule has 23 heavy (non-hydrogen) atoms. The highest BCUT2D eigenvalue weighted by Gasteiger charge is 2.33. The van der Waals surface area contributed by atoms with E-state index in [9.17, 15) is 9.90 Å². The van der Waals surface area contributed by atoms with Crippen LogP contribution in [-0.2, 0) is 0 Å². The fourth-order valence-electron chi connectivity index (χ4n) is 3.37. The van der Waals surface area contributed by atoms with Gasteiger partial charge in [-0.2, -0.15) is 0 Å². The summed E-state index contributed by atoms with van der Waals surface area (Å²) in [5, 5.41) is 9.43. The number of rotatable bonds is 2. The number of nitrogens with zero attached hydrogens (tertiary/aromatic N) is 3. The van der Waals surface area contributed by atoms with Crippen LogP contribution in [0.4, 0.5) is 4.79 Å². The van der Waals surface area contributed by atoms with Gasteiger partial charge in [0.25, 0.3) is 0 Å². The summed E-state index contributed by atoms with van der Waals surface area (Å²) < 4.78 is 2.02. The highest BCUT2D eigenvalue weighted by atomic mass is 16.4. The summed E-state index contributed by atoms with van der Waals surface area (Å²) in [5.74, 6) is 0.805. The van der Waals surface area contributed by atoms with Crippen LogP contribution < -0.4 is 0 Å². The zero-order chi connectivity index (χ0) is 15.8. The first-order valence-electron chi connectivity index (χ1n) is 7.77. The van der Waals surface area contributed by atoms with E-state index in [0.717, 1.165) is 35.4 Å². The predicted molar refractivity (Wildman–Crippen MR) is 87.3 cm³/mol. The Kier molecular flexibility index (Phi) is 3.26. The Morgan fingerprint density at radius 3 is 2.70 bits per heavy atom. The van der Waals surface area contributed by atoms with Crippen molar-refractivity contribution in [2.45, 2.75) is 18.9 Å². The van der Waals surface area contributed by atoms with Crippen LogP contribution in [0.25, 0.3) is 16.8 Å². The molecule has 0 spiro atoms. The monoisotopic (exact) mass is 307 g/mol. The maximum Gasteiger partial charge on any atom is 0.407 e. The van der Waals surface area contributed by atoms with Gasteiger partial charge in [-0.3, -0.25) is 4.90 Å². The van der Waals surface area contributed by atoms with Gasteiger partial charge in [0, 0.05) is 18.3 Å². The van der Waals surface area contributed by atoms with E-state index in [2.05, 4.69) is 0 Å². The molecule has 1 fully saturated rings. The lowest BCUT2D eigenvalue weighted by Crippen LogP contribution is -2.29. The fourth-order valence-corrected chi connectivity index (χ4v) is 3.37. The maximum atomic E-state index is 11.5. The quantitative estimate of drug-likeness (QED) is 0.783. The third-order valence-electron chi connectivity index (χ3n) is 4.42. The minimum Gasteiger partial charge on any atom is -0.465 e. The number of likely N-dealkylation sites (tertiary alicyclic amines) is 1. The molecular weight excluding hydrogens is 290 g/mol. The SMILES string of the molecule is O=C(O)N1CCCC1c1nc(-c2ccccc2)c2ccccn12. The topological polar surface area (TPSA) is 57.8 Å². The lowest BCUT2D eigenvalue weighted by atomic mass is 10.1. The molecule has 1 aliphatic rings. The van der Waals surface area contributed by atoms with Gasteiger partial charge in [0.1, 0.15) is 5.82 Å². The summed E-state index contributed by atoms with van der Waals surface area (Å²) in [4.78, 5) is 17.8. The maximum absolute atomic E-state index is 11.5. The molecular formula is C18H17N3O2. The molecule has 1 atom stereocenters. The van der Waals surface area contributed by atoms with Crippen molar-refractivity contribution in [3.05, 3.63) is 60.6 Å². The molecule has 1 unspecified atom stereocenters. The van der Waals surface area contributed by atoms with E-state index in [-0.39, 0.29) is 6.04 Å². The molecule has 1 aliphatic heterocycles.